The van der Waals surface area contributed by atoms with Crippen LogP contribution in [0.15, 0.2) is 18.2 Å². The van der Waals surface area contributed by atoms with Crippen LogP contribution in [0.2, 0.25) is 0 Å². The highest BCUT2D eigenvalue weighted by Crippen LogP contribution is 2.33. The topological polar surface area (TPSA) is 29.3 Å². The largest absolute Gasteiger partial charge is 0.416 e. The van der Waals surface area contributed by atoms with Crippen molar-refractivity contribution in [2.24, 2.45) is 0 Å². The minimum Gasteiger partial charge on any atom is -0.399 e. The predicted molar refractivity (Wildman–Crippen MR) is 62.7 cm³/mol. The van der Waals surface area contributed by atoms with E-state index in [1.54, 1.807) is 0 Å². The fourth-order valence-corrected chi connectivity index (χ4v) is 1.68. The zero-order valence-corrected chi connectivity index (χ0v) is 10.0. The second-order valence-corrected chi connectivity index (χ2v) is 4.32. The first-order chi connectivity index (χ1) is 7.80. The maximum absolute atomic E-state index is 12.7. The first kappa shape index (κ1) is 13.8. The maximum atomic E-state index is 12.7. The van der Waals surface area contributed by atoms with Gasteiger partial charge < -0.3 is 10.6 Å². The summed E-state index contributed by atoms with van der Waals surface area (Å²) in [6.45, 7) is 0.756. The lowest BCUT2D eigenvalue weighted by Crippen LogP contribution is -2.15. The molecule has 0 aliphatic carbocycles. The normalized spacial score (nSPS) is 12.1. The molecular formula is C12H17F3N2. The first-order valence-electron chi connectivity index (χ1n) is 5.41. The second-order valence-electron chi connectivity index (χ2n) is 4.32. The van der Waals surface area contributed by atoms with Crippen molar-refractivity contribution in [1.82, 2.24) is 4.90 Å². The number of alkyl halides is 3. The smallest absolute Gasteiger partial charge is 0.399 e. The Bertz CT molecular complexity index is 373. The number of halogens is 3. The summed E-state index contributed by atoms with van der Waals surface area (Å²) in [7, 11) is 3.79. The molecule has 2 nitrogen and oxygen atoms in total. The van der Waals surface area contributed by atoms with Crippen molar-refractivity contribution in [3.63, 3.8) is 0 Å². The highest BCUT2D eigenvalue weighted by atomic mass is 19.4. The molecule has 0 heterocycles. The standard InChI is InChI=1S/C12H17F3N2/c1-17(2)7-3-4-9-8-10(16)5-6-11(9)12(13,14)15/h5-6,8H,3-4,7,16H2,1-2H3. The molecule has 17 heavy (non-hydrogen) atoms. The van der Waals surface area contributed by atoms with Gasteiger partial charge in [-0.3, -0.25) is 0 Å². The summed E-state index contributed by atoms with van der Waals surface area (Å²) >= 11 is 0. The number of hydrogen-bond donors (Lipinski definition) is 1. The van der Waals surface area contributed by atoms with E-state index < -0.39 is 11.7 Å². The van der Waals surface area contributed by atoms with Crippen molar-refractivity contribution in [2.75, 3.05) is 26.4 Å². The molecule has 0 aromatic heterocycles. The molecule has 2 N–H and O–H groups in total. The number of anilines is 1. The quantitative estimate of drug-likeness (QED) is 0.828. The minimum atomic E-state index is -4.30. The summed E-state index contributed by atoms with van der Waals surface area (Å²) in [4.78, 5) is 1.94. The molecule has 0 saturated carbocycles. The highest BCUT2D eigenvalue weighted by molar-refractivity contribution is 5.45. The lowest BCUT2D eigenvalue weighted by Gasteiger charge is -2.14. The number of rotatable bonds is 4. The van der Waals surface area contributed by atoms with E-state index in [1.165, 1.54) is 12.1 Å². The van der Waals surface area contributed by atoms with E-state index in [-0.39, 0.29) is 5.56 Å². The highest BCUT2D eigenvalue weighted by Gasteiger charge is 2.32. The van der Waals surface area contributed by atoms with Crippen LogP contribution in [0.25, 0.3) is 0 Å². The third-order valence-corrected chi connectivity index (χ3v) is 2.49. The van der Waals surface area contributed by atoms with E-state index in [0.717, 1.165) is 12.6 Å². The van der Waals surface area contributed by atoms with Gasteiger partial charge in [-0.05, 0) is 57.2 Å². The Morgan fingerprint density at radius 3 is 2.41 bits per heavy atom. The summed E-state index contributed by atoms with van der Waals surface area (Å²) in [6.07, 6.45) is -3.24. The number of nitrogen functional groups attached to an aromatic ring is 1. The Kier molecular flexibility index (Phi) is 4.40. The van der Waals surface area contributed by atoms with Crippen LogP contribution in [0.3, 0.4) is 0 Å². The molecule has 0 fully saturated rings. The van der Waals surface area contributed by atoms with E-state index in [2.05, 4.69) is 0 Å². The Morgan fingerprint density at radius 1 is 1.24 bits per heavy atom. The molecule has 0 amide bonds. The molecule has 0 atom stereocenters. The van der Waals surface area contributed by atoms with Crippen molar-refractivity contribution in [1.29, 1.82) is 0 Å². The van der Waals surface area contributed by atoms with E-state index in [9.17, 15) is 13.2 Å². The van der Waals surface area contributed by atoms with Crippen LogP contribution >= 0.6 is 0 Å². The molecule has 0 aliphatic heterocycles. The van der Waals surface area contributed by atoms with Gasteiger partial charge in [-0.2, -0.15) is 13.2 Å². The average molecular weight is 246 g/mol. The summed E-state index contributed by atoms with van der Waals surface area (Å²) in [5, 5.41) is 0. The third kappa shape index (κ3) is 4.26. The molecule has 0 bridgehead atoms. The van der Waals surface area contributed by atoms with Gasteiger partial charge in [-0.1, -0.05) is 0 Å². The number of benzene rings is 1. The monoisotopic (exact) mass is 246 g/mol. The van der Waals surface area contributed by atoms with Crippen LogP contribution in [-0.4, -0.2) is 25.5 Å². The summed E-state index contributed by atoms with van der Waals surface area (Å²) < 4.78 is 38.1. The molecule has 0 aliphatic rings. The van der Waals surface area contributed by atoms with Gasteiger partial charge in [0.05, 0.1) is 5.56 Å². The zero-order chi connectivity index (χ0) is 13.1. The Balaban J connectivity index is 2.84. The van der Waals surface area contributed by atoms with Gasteiger partial charge in [0.2, 0.25) is 0 Å². The van der Waals surface area contributed by atoms with Crippen molar-refractivity contribution >= 4 is 5.69 Å². The number of nitrogens with zero attached hydrogens (tertiary/aromatic N) is 1. The van der Waals surface area contributed by atoms with Crippen molar-refractivity contribution in [2.45, 2.75) is 19.0 Å². The Morgan fingerprint density at radius 2 is 1.88 bits per heavy atom. The minimum absolute atomic E-state index is 0.277. The Labute approximate surface area is 99.2 Å². The molecule has 1 aromatic carbocycles. The average Bonchev–Trinajstić information content (AvgIpc) is 2.15. The molecule has 0 saturated heterocycles. The molecule has 0 unspecified atom stereocenters. The van der Waals surface area contributed by atoms with Crippen LogP contribution < -0.4 is 5.73 Å². The summed E-state index contributed by atoms with van der Waals surface area (Å²) in [6, 6.07) is 3.76. The molecular weight excluding hydrogens is 229 g/mol. The fourth-order valence-electron chi connectivity index (χ4n) is 1.68. The number of hydrogen-bond acceptors (Lipinski definition) is 2. The van der Waals surface area contributed by atoms with Crippen LogP contribution in [0.4, 0.5) is 18.9 Å². The van der Waals surface area contributed by atoms with Crippen LogP contribution in [0.5, 0.6) is 0 Å². The molecule has 96 valence electrons. The molecule has 0 spiro atoms. The van der Waals surface area contributed by atoms with E-state index in [4.69, 9.17) is 5.73 Å². The molecule has 5 heteroatoms. The lowest BCUT2D eigenvalue weighted by molar-refractivity contribution is -0.138. The lowest BCUT2D eigenvalue weighted by atomic mass is 10.0. The van der Waals surface area contributed by atoms with Gasteiger partial charge in [0.1, 0.15) is 0 Å². The van der Waals surface area contributed by atoms with Crippen molar-refractivity contribution in [3.8, 4) is 0 Å². The number of aryl methyl sites for hydroxylation is 1. The van der Waals surface area contributed by atoms with Crippen LogP contribution in [-0.2, 0) is 12.6 Å². The van der Waals surface area contributed by atoms with Gasteiger partial charge in [-0.25, -0.2) is 0 Å². The summed E-state index contributed by atoms with van der Waals surface area (Å²) in [5.41, 5.74) is 5.60. The molecule has 1 rings (SSSR count). The van der Waals surface area contributed by atoms with Crippen LogP contribution in [0.1, 0.15) is 17.5 Å². The van der Waals surface area contributed by atoms with Gasteiger partial charge >= 0.3 is 6.18 Å². The zero-order valence-electron chi connectivity index (χ0n) is 10.0. The second kappa shape index (κ2) is 5.40. The van der Waals surface area contributed by atoms with Gasteiger partial charge in [0, 0.05) is 5.69 Å². The number of nitrogens with two attached hydrogens (primary N) is 1. The Hall–Kier alpha value is -1.23. The SMILES string of the molecule is CN(C)CCCc1cc(N)ccc1C(F)(F)F. The maximum Gasteiger partial charge on any atom is 0.416 e. The van der Waals surface area contributed by atoms with E-state index in [0.29, 0.717) is 18.5 Å². The third-order valence-electron chi connectivity index (χ3n) is 2.49. The van der Waals surface area contributed by atoms with Crippen LogP contribution in [0, 0.1) is 0 Å². The van der Waals surface area contributed by atoms with Crippen molar-refractivity contribution < 1.29 is 13.2 Å². The summed E-state index contributed by atoms with van der Waals surface area (Å²) in [5.74, 6) is 0. The molecule has 0 radical (unpaired) electrons. The van der Waals surface area contributed by atoms with Gasteiger partial charge in [0.25, 0.3) is 0 Å². The van der Waals surface area contributed by atoms with Gasteiger partial charge in [-0.15, -0.1) is 0 Å². The van der Waals surface area contributed by atoms with Crippen molar-refractivity contribution in [3.05, 3.63) is 29.3 Å². The fraction of sp³-hybridized carbons (Fsp3) is 0.500. The van der Waals surface area contributed by atoms with E-state index >= 15 is 0 Å². The predicted octanol–water partition coefficient (Wildman–Crippen LogP) is 2.78. The van der Waals surface area contributed by atoms with Gasteiger partial charge in [0.15, 0.2) is 0 Å². The molecule has 1 aromatic rings. The van der Waals surface area contributed by atoms with E-state index in [1.807, 2.05) is 19.0 Å². The first-order valence-corrected chi connectivity index (χ1v) is 5.41.